The van der Waals surface area contributed by atoms with Gasteiger partial charge in [-0.2, -0.15) is 0 Å². The summed E-state index contributed by atoms with van der Waals surface area (Å²) in [5, 5.41) is 2.88. The fourth-order valence-corrected chi connectivity index (χ4v) is 5.12. The SMILES string of the molecule is COc1ccc(OC)c([C@H](C)NC(=O)CN(c2ccc(Br)cc2)S(=O)(=O)c2ccc(C)cc2)c1. The van der Waals surface area contributed by atoms with Crippen LogP contribution in [0.2, 0.25) is 0 Å². The molecule has 3 aromatic rings. The fraction of sp³-hybridized carbons (Fsp3) is 0.240. The zero-order valence-electron chi connectivity index (χ0n) is 19.4. The van der Waals surface area contributed by atoms with E-state index >= 15 is 0 Å². The highest BCUT2D eigenvalue weighted by Crippen LogP contribution is 2.30. The molecule has 1 amide bonds. The number of carbonyl (C=O) groups is 1. The lowest BCUT2D eigenvalue weighted by Gasteiger charge is -2.25. The van der Waals surface area contributed by atoms with Crippen LogP contribution in [0.25, 0.3) is 0 Å². The second-order valence-electron chi connectivity index (χ2n) is 7.70. The number of aryl methyl sites for hydroxylation is 1. The van der Waals surface area contributed by atoms with Crippen molar-refractivity contribution in [1.82, 2.24) is 5.32 Å². The van der Waals surface area contributed by atoms with E-state index in [0.29, 0.717) is 22.7 Å². The number of sulfonamides is 1. The van der Waals surface area contributed by atoms with Crippen LogP contribution in [0, 0.1) is 6.92 Å². The van der Waals surface area contributed by atoms with E-state index in [1.54, 1.807) is 75.7 Å². The summed E-state index contributed by atoms with van der Waals surface area (Å²) in [5.74, 6) is 0.747. The molecule has 7 nitrogen and oxygen atoms in total. The second-order valence-corrected chi connectivity index (χ2v) is 10.5. The molecule has 0 bridgehead atoms. The fourth-order valence-electron chi connectivity index (χ4n) is 3.43. The Morgan fingerprint density at radius 1 is 1.00 bits per heavy atom. The summed E-state index contributed by atoms with van der Waals surface area (Å²) >= 11 is 3.36. The maximum absolute atomic E-state index is 13.5. The monoisotopic (exact) mass is 546 g/mol. The third-order valence-electron chi connectivity index (χ3n) is 5.29. The van der Waals surface area contributed by atoms with E-state index in [2.05, 4.69) is 21.2 Å². The highest BCUT2D eigenvalue weighted by atomic mass is 79.9. The third kappa shape index (κ3) is 5.90. The van der Waals surface area contributed by atoms with E-state index in [4.69, 9.17) is 9.47 Å². The van der Waals surface area contributed by atoms with Gasteiger partial charge in [-0.3, -0.25) is 9.10 Å². The molecule has 0 unspecified atom stereocenters. The van der Waals surface area contributed by atoms with Gasteiger partial charge in [-0.05, 0) is 68.4 Å². The summed E-state index contributed by atoms with van der Waals surface area (Å²) < 4.78 is 39.6. The van der Waals surface area contributed by atoms with Crippen LogP contribution < -0.4 is 19.1 Å². The van der Waals surface area contributed by atoms with Crippen molar-refractivity contribution >= 4 is 37.5 Å². The molecule has 0 saturated heterocycles. The van der Waals surface area contributed by atoms with Crippen molar-refractivity contribution in [2.75, 3.05) is 25.1 Å². The van der Waals surface area contributed by atoms with E-state index in [1.807, 2.05) is 6.92 Å². The van der Waals surface area contributed by atoms with Crippen molar-refractivity contribution in [2.45, 2.75) is 24.8 Å². The first-order chi connectivity index (χ1) is 16.1. The lowest BCUT2D eigenvalue weighted by Crippen LogP contribution is -2.41. The molecule has 0 fully saturated rings. The largest absolute Gasteiger partial charge is 0.497 e. The predicted octanol–water partition coefficient (Wildman–Crippen LogP) is 4.85. The second kappa shape index (κ2) is 10.9. The van der Waals surface area contributed by atoms with Crippen molar-refractivity contribution < 1.29 is 22.7 Å². The van der Waals surface area contributed by atoms with Crippen LogP contribution in [0.4, 0.5) is 5.69 Å². The van der Waals surface area contributed by atoms with Gasteiger partial charge in [0.15, 0.2) is 0 Å². The van der Waals surface area contributed by atoms with Crippen LogP contribution >= 0.6 is 15.9 Å². The molecule has 0 aliphatic heterocycles. The number of benzene rings is 3. The van der Waals surface area contributed by atoms with E-state index < -0.39 is 28.5 Å². The van der Waals surface area contributed by atoms with E-state index in [0.717, 1.165) is 14.3 Å². The van der Waals surface area contributed by atoms with Crippen LogP contribution in [0.15, 0.2) is 76.1 Å². The minimum Gasteiger partial charge on any atom is -0.497 e. The third-order valence-corrected chi connectivity index (χ3v) is 7.61. The number of carbonyl (C=O) groups excluding carboxylic acids is 1. The average molecular weight is 547 g/mol. The Morgan fingerprint density at radius 2 is 1.65 bits per heavy atom. The molecule has 0 aromatic heterocycles. The Kier molecular flexibility index (Phi) is 8.22. The van der Waals surface area contributed by atoms with Gasteiger partial charge in [-0.25, -0.2) is 8.42 Å². The van der Waals surface area contributed by atoms with Gasteiger partial charge in [0.25, 0.3) is 10.0 Å². The summed E-state index contributed by atoms with van der Waals surface area (Å²) in [6, 6.07) is 18.1. The number of methoxy groups -OCH3 is 2. The Labute approximate surface area is 208 Å². The number of hydrogen-bond donors (Lipinski definition) is 1. The van der Waals surface area contributed by atoms with Crippen LogP contribution in [0.5, 0.6) is 11.5 Å². The summed E-state index contributed by atoms with van der Waals surface area (Å²) in [5.41, 5.74) is 2.03. The molecule has 1 N–H and O–H groups in total. The first kappa shape index (κ1) is 25.6. The number of hydrogen-bond acceptors (Lipinski definition) is 5. The molecule has 34 heavy (non-hydrogen) atoms. The summed E-state index contributed by atoms with van der Waals surface area (Å²) in [6.45, 7) is 3.28. The van der Waals surface area contributed by atoms with Gasteiger partial charge in [0.1, 0.15) is 18.0 Å². The lowest BCUT2D eigenvalue weighted by atomic mass is 10.1. The molecular formula is C25H27BrN2O5S. The highest BCUT2D eigenvalue weighted by molar-refractivity contribution is 9.10. The van der Waals surface area contributed by atoms with Gasteiger partial charge >= 0.3 is 0 Å². The molecule has 0 spiro atoms. The number of nitrogens with one attached hydrogen (secondary N) is 1. The zero-order chi connectivity index (χ0) is 24.9. The van der Waals surface area contributed by atoms with E-state index in [1.165, 1.54) is 12.1 Å². The summed E-state index contributed by atoms with van der Waals surface area (Å²) in [7, 11) is -0.889. The quantitative estimate of drug-likeness (QED) is 0.414. The Hall–Kier alpha value is -3.04. The topological polar surface area (TPSA) is 84.9 Å². The highest BCUT2D eigenvalue weighted by Gasteiger charge is 2.28. The molecule has 9 heteroatoms. The lowest BCUT2D eigenvalue weighted by molar-refractivity contribution is -0.120. The molecule has 0 aliphatic rings. The number of rotatable bonds is 9. The van der Waals surface area contributed by atoms with Gasteiger partial charge in [0.05, 0.1) is 30.8 Å². The van der Waals surface area contributed by atoms with E-state index in [9.17, 15) is 13.2 Å². The Bertz CT molecular complexity index is 1250. The van der Waals surface area contributed by atoms with Gasteiger partial charge in [-0.15, -0.1) is 0 Å². The number of nitrogens with zero attached hydrogens (tertiary/aromatic N) is 1. The molecule has 1 atom stereocenters. The molecule has 0 aliphatic carbocycles. The molecule has 0 radical (unpaired) electrons. The Morgan fingerprint density at radius 3 is 2.24 bits per heavy atom. The van der Waals surface area contributed by atoms with Crippen LogP contribution in [-0.2, 0) is 14.8 Å². The predicted molar refractivity (Wildman–Crippen MR) is 136 cm³/mol. The zero-order valence-corrected chi connectivity index (χ0v) is 21.8. The van der Waals surface area contributed by atoms with Gasteiger partial charge < -0.3 is 14.8 Å². The van der Waals surface area contributed by atoms with E-state index in [-0.39, 0.29) is 4.90 Å². The number of ether oxygens (including phenoxy) is 2. The Balaban J connectivity index is 1.90. The number of amides is 1. The van der Waals surface area contributed by atoms with Gasteiger partial charge in [0, 0.05) is 10.0 Å². The van der Waals surface area contributed by atoms with Crippen molar-refractivity contribution in [3.05, 3.63) is 82.3 Å². The molecule has 0 saturated carbocycles. The normalized spacial score (nSPS) is 12.0. The minimum atomic E-state index is -3.99. The molecular weight excluding hydrogens is 520 g/mol. The van der Waals surface area contributed by atoms with Gasteiger partial charge in [0.2, 0.25) is 5.91 Å². The first-order valence-electron chi connectivity index (χ1n) is 10.5. The minimum absolute atomic E-state index is 0.108. The molecule has 3 rings (SSSR count). The molecule has 3 aromatic carbocycles. The van der Waals surface area contributed by atoms with Crippen molar-refractivity contribution in [1.29, 1.82) is 0 Å². The maximum atomic E-state index is 13.5. The van der Waals surface area contributed by atoms with Crippen molar-refractivity contribution in [3.63, 3.8) is 0 Å². The van der Waals surface area contributed by atoms with Crippen molar-refractivity contribution in [2.24, 2.45) is 0 Å². The molecule has 0 heterocycles. The van der Waals surface area contributed by atoms with Crippen LogP contribution in [0.3, 0.4) is 0 Å². The number of anilines is 1. The maximum Gasteiger partial charge on any atom is 0.264 e. The number of halogens is 1. The van der Waals surface area contributed by atoms with Gasteiger partial charge in [-0.1, -0.05) is 33.6 Å². The average Bonchev–Trinajstić information content (AvgIpc) is 2.83. The summed E-state index contributed by atoms with van der Waals surface area (Å²) in [4.78, 5) is 13.2. The molecule has 180 valence electrons. The van der Waals surface area contributed by atoms with Crippen LogP contribution in [0.1, 0.15) is 24.1 Å². The standard InChI is InChI=1S/C25H27BrN2O5S/c1-17-5-12-22(13-6-17)34(30,31)28(20-9-7-19(26)8-10-20)16-25(29)27-18(2)23-15-21(32-3)11-14-24(23)33-4/h5-15,18H,16H2,1-4H3,(H,27,29)/t18-/m0/s1. The first-order valence-corrected chi connectivity index (χ1v) is 12.7. The van der Waals surface area contributed by atoms with Crippen LogP contribution in [-0.4, -0.2) is 35.1 Å². The van der Waals surface area contributed by atoms with Crippen molar-refractivity contribution in [3.8, 4) is 11.5 Å². The summed E-state index contributed by atoms with van der Waals surface area (Å²) in [6.07, 6.45) is 0. The smallest absolute Gasteiger partial charge is 0.264 e.